The molecule has 0 spiro atoms. The number of anilines is 1. The molecule has 1 aliphatic heterocycles. The Hall–Kier alpha value is -1.62. The topological polar surface area (TPSA) is 92.8 Å². The van der Waals surface area contributed by atoms with Crippen molar-refractivity contribution in [3.63, 3.8) is 0 Å². The molecule has 0 saturated carbocycles. The fourth-order valence-corrected chi connectivity index (χ4v) is 6.19. The Kier molecular flexibility index (Phi) is 5.80. The van der Waals surface area contributed by atoms with E-state index in [2.05, 4.69) is 20.7 Å². The Morgan fingerprint density at radius 3 is 2.41 bits per heavy atom. The van der Waals surface area contributed by atoms with Gasteiger partial charge in [0.05, 0.1) is 17.7 Å². The summed E-state index contributed by atoms with van der Waals surface area (Å²) in [7, 11) is -6.23. The Morgan fingerprint density at radius 1 is 1.04 bits per heavy atom. The minimum absolute atomic E-state index is 0.0489. The minimum atomic E-state index is -3.97. The second-order valence-electron chi connectivity index (χ2n) is 6.04. The van der Waals surface area contributed by atoms with Crippen LogP contribution in [-0.4, -0.2) is 41.3 Å². The number of ether oxygens (including phenoxy) is 1. The van der Waals surface area contributed by atoms with Gasteiger partial charge in [-0.05, 0) is 49.2 Å². The largest absolute Gasteiger partial charge is 0.495 e. The third kappa shape index (κ3) is 4.29. The maximum absolute atomic E-state index is 12.8. The number of halogens is 1. The predicted molar refractivity (Wildman–Crippen MR) is 106 cm³/mol. The van der Waals surface area contributed by atoms with Crippen LogP contribution in [0.3, 0.4) is 0 Å². The number of hydrogen-bond donors (Lipinski definition) is 1. The molecular weight excluding hydrogens is 456 g/mol. The third-order valence-corrected chi connectivity index (χ3v) is 7.99. The molecule has 3 rings (SSSR count). The monoisotopic (exact) mass is 474 g/mol. The van der Waals surface area contributed by atoms with Crippen LogP contribution in [0.1, 0.15) is 12.8 Å². The molecule has 1 heterocycles. The van der Waals surface area contributed by atoms with Gasteiger partial charge < -0.3 is 4.74 Å². The van der Waals surface area contributed by atoms with Gasteiger partial charge in [-0.2, -0.15) is 4.31 Å². The van der Waals surface area contributed by atoms with E-state index in [0.717, 1.165) is 12.8 Å². The van der Waals surface area contributed by atoms with Gasteiger partial charge in [-0.25, -0.2) is 16.8 Å². The molecule has 0 bridgehead atoms. The molecule has 0 amide bonds. The van der Waals surface area contributed by atoms with Crippen LogP contribution in [0.2, 0.25) is 0 Å². The average Bonchev–Trinajstić information content (AvgIpc) is 3.17. The zero-order valence-corrected chi connectivity index (χ0v) is 17.8. The number of methoxy groups -OCH3 is 1. The standard InChI is InChI=1S/C17H19BrN2O5S2/c1-25-16-8-7-13(18)11-17(16)26(21,22)19-14-5-4-6-15(12-14)27(23,24)20-9-2-3-10-20/h4-8,11-12,19H,2-3,9-10H2,1H3. The number of nitrogens with zero attached hydrogens (tertiary/aromatic N) is 1. The fourth-order valence-electron chi connectivity index (χ4n) is 2.87. The van der Waals surface area contributed by atoms with Gasteiger partial charge in [0, 0.05) is 17.6 Å². The smallest absolute Gasteiger partial charge is 0.265 e. The number of rotatable bonds is 6. The second kappa shape index (κ2) is 7.78. The molecule has 10 heteroatoms. The van der Waals surface area contributed by atoms with E-state index in [4.69, 9.17) is 4.74 Å². The molecule has 0 aliphatic carbocycles. The van der Waals surface area contributed by atoms with Gasteiger partial charge in [-0.1, -0.05) is 22.0 Å². The molecule has 1 saturated heterocycles. The first-order valence-electron chi connectivity index (χ1n) is 8.20. The van der Waals surface area contributed by atoms with E-state index >= 15 is 0 Å². The highest BCUT2D eigenvalue weighted by molar-refractivity contribution is 9.10. The predicted octanol–water partition coefficient (Wildman–Crippen LogP) is 3.04. The Labute approximate surface area is 167 Å². The highest BCUT2D eigenvalue weighted by Crippen LogP contribution is 2.30. The SMILES string of the molecule is COc1ccc(Br)cc1S(=O)(=O)Nc1cccc(S(=O)(=O)N2CCCC2)c1. The summed E-state index contributed by atoms with van der Waals surface area (Å²) in [6.45, 7) is 0.959. The summed E-state index contributed by atoms with van der Waals surface area (Å²) in [6.07, 6.45) is 1.66. The van der Waals surface area contributed by atoms with Crippen LogP contribution in [0.4, 0.5) is 5.69 Å². The lowest BCUT2D eigenvalue weighted by Crippen LogP contribution is -2.27. The van der Waals surface area contributed by atoms with Gasteiger partial charge in [0.1, 0.15) is 10.6 Å². The summed E-state index contributed by atoms with van der Waals surface area (Å²) in [6, 6.07) is 10.4. The molecule has 1 N–H and O–H groups in total. The van der Waals surface area contributed by atoms with Crippen LogP contribution in [0, 0.1) is 0 Å². The normalized spacial score (nSPS) is 15.6. The fraction of sp³-hybridized carbons (Fsp3) is 0.294. The van der Waals surface area contributed by atoms with Gasteiger partial charge in [0.25, 0.3) is 10.0 Å². The second-order valence-corrected chi connectivity index (χ2v) is 10.5. The van der Waals surface area contributed by atoms with Crippen LogP contribution in [0.5, 0.6) is 5.75 Å². The molecule has 0 aromatic heterocycles. The van der Waals surface area contributed by atoms with Crippen molar-refractivity contribution < 1.29 is 21.6 Å². The first-order valence-corrected chi connectivity index (χ1v) is 11.9. The van der Waals surface area contributed by atoms with E-state index in [1.807, 2.05) is 0 Å². The molecule has 1 fully saturated rings. The number of nitrogens with one attached hydrogen (secondary N) is 1. The van der Waals surface area contributed by atoms with Gasteiger partial charge in [0.2, 0.25) is 10.0 Å². The number of benzene rings is 2. The highest BCUT2D eigenvalue weighted by Gasteiger charge is 2.28. The molecule has 146 valence electrons. The Balaban J connectivity index is 1.93. The molecular formula is C17H19BrN2O5S2. The van der Waals surface area contributed by atoms with Gasteiger partial charge in [0.15, 0.2) is 0 Å². The highest BCUT2D eigenvalue weighted by atomic mass is 79.9. The van der Waals surface area contributed by atoms with Crippen LogP contribution >= 0.6 is 15.9 Å². The van der Waals surface area contributed by atoms with E-state index in [-0.39, 0.29) is 21.2 Å². The molecule has 0 radical (unpaired) electrons. The summed E-state index contributed by atoms with van der Waals surface area (Å²) in [5.41, 5.74) is 0.164. The van der Waals surface area contributed by atoms with Crippen molar-refractivity contribution in [1.29, 1.82) is 0 Å². The summed E-state index contributed by atoms with van der Waals surface area (Å²) in [4.78, 5) is 0.0120. The lowest BCUT2D eigenvalue weighted by Gasteiger charge is -2.17. The first kappa shape index (κ1) is 20.1. The lowest BCUT2D eigenvalue weighted by molar-refractivity contribution is 0.403. The van der Waals surface area contributed by atoms with Crippen molar-refractivity contribution in [2.24, 2.45) is 0 Å². The molecule has 0 atom stereocenters. The van der Waals surface area contributed by atoms with Crippen molar-refractivity contribution in [3.05, 3.63) is 46.9 Å². The molecule has 1 aliphatic rings. The quantitative estimate of drug-likeness (QED) is 0.694. The van der Waals surface area contributed by atoms with Crippen LogP contribution < -0.4 is 9.46 Å². The summed E-state index contributed by atoms with van der Waals surface area (Å²) >= 11 is 3.25. The van der Waals surface area contributed by atoms with E-state index in [1.165, 1.54) is 47.8 Å². The van der Waals surface area contributed by atoms with Gasteiger partial charge in [-0.15, -0.1) is 0 Å². The van der Waals surface area contributed by atoms with Gasteiger partial charge >= 0.3 is 0 Å². The zero-order valence-electron chi connectivity index (χ0n) is 14.6. The Bertz CT molecular complexity index is 1050. The average molecular weight is 475 g/mol. The summed E-state index contributed by atoms with van der Waals surface area (Å²) < 4.78 is 60.5. The maximum atomic E-state index is 12.8. The summed E-state index contributed by atoms with van der Waals surface area (Å²) in [5, 5.41) is 0. The zero-order chi connectivity index (χ0) is 19.7. The van der Waals surface area contributed by atoms with Crippen molar-refractivity contribution in [2.45, 2.75) is 22.6 Å². The molecule has 7 nitrogen and oxygen atoms in total. The van der Waals surface area contributed by atoms with Crippen molar-refractivity contribution in [2.75, 3.05) is 24.9 Å². The van der Waals surface area contributed by atoms with E-state index in [9.17, 15) is 16.8 Å². The molecule has 2 aromatic carbocycles. The van der Waals surface area contributed by atoms with Crippen LogP contribution in [0.15, 0.2) is 56.7 Å². The van der Waals surface area contributed by atoms with Crippen molar-refractivity contribution in [1.82, 2.24) is 4.31 Å². The van der Waals surface area contributed by atoms with E-state index < -0.39 is 20.0 Å². The van der Waals surface area contributed by atoms with Gasteiger partial charge in [-0.3, -0.25) is 4.72 Å². The molecule has 2 aromatic rings. The first-order chi connectivity index (χ1) is 12.7. The third-order valence-electron chi connectivity index (χ3n) is 4.20. The maximum Gasteiger partial charge on any atom is 0.265 e. The van der Waals surface area contributed by atoms with Crippen molar-refractivity contribution >= 4 is 41.7 Å². The molecule has 27 heavy (non-hydrogen) atoms. The number of hydrogen-bond acceptors (Lipinski definition) is 5. The van der Waals surface area contributed by atoms with E-state index in [1.54, 1.807) is 6.07 Å². The summed E-state index contributed by atoms with van der Waals surface area (Å²) in [5.74, 6) is 0.187. The lowest BCUT2D eigenvalue weighted by atomic mass is 10.3. The van der Waals surface area contributed by atoms with Crippen LogP contribution in [-0.2, 0) is 20.0 Å². The number of sulfonamides is 2. The molecule has 0 unspecified atom stereocenters. The van der Waals surface area contributed by atoms with E-state index in [0.29, 0.717) is 17.6 Å². The van der Waals surface area contributed by atoms with Crippen LogP contribution in [0.25, 0.3) is 0 Å². The minimum Gasteiger partial charge on any atom is -0.495 e. The van der Waals surface area contributed by atoms with Crippen molar-refractivity contribution in [3.8, 4) is 5.75 Å². The Morgan fingerprint density at radius 2 is 1.74 bits per heavy atom.